The van der Waals surface area contributed by atoms with Gasteiger partial charge in [0.25, 0.3) is 0 Å². The molecule has 0 atom stereocenters. The van der Waals surface area contributed by atoms with E-state index in [0.29, 0.717) is 23.3 Å². The van der Waals surface area contributed by atoms with E-state index in [-0.39, 0.29) is 6.79 Å². The zero-order valence-electron chi connectivity index (χ0n) is 8.21. The van der Waals surface area contributed by atoms with E-state index in [1.165, 1.54) is 0 Å². The first kappa shape index (κ1) is 9.53. The van der Waals surface area contributed by atoms with Crippen LogP contribution in [0.15, 0.2) is 22.6 Å². The first-order chi connectivity index (χ1) is 7.86. The van der Waals surface area contributed by atoms with Crippen LogP contribution in [0.4, 0.5) is 0 Å². The molecular formula is C10H8N2O3S. The van der Waals surface area contributed by atoms with E-state index in [4.69, 9.17) is 13.9 Å². The van der Waals surface area contributed by atoms with Crippen molar-refractivity contribution in [3.8, 4) is 23.0 Å². The van der Waals surface area contributed by atoms with Gasteiger partial charge in [-0.1, -0.05) is 0 Å². The summed E-state index contributed by atoms with van der Waals surface area (Å²) in [7, 11) is 0. The second-order valence-electron chi connectivity index (χ2n) is 3.23. The van der Waals surface area contributed by atoms with Gasteiger partial charge < -0.3 is 13.9 Å². The van der Waals surface area contributed by atoms with Crippen LogP contribution in [0.25, 0.3) is 11.5 Å². The Morgan fingerprint density at radius 2 is 2.06 bits per heavy atom. The molecule has 0 saturated heterocycles. The number of thiol groups is 1. The van der Waals surface area contributed by atoms with Crippen LogP contribution in [0, 0.1) is 0 Å². The lowest BCUT2D eigenvalue weighted by Gasteiger charge is -1.97. The molecule has 82 valence electrons. The standard InChI is InChI=1S/C10H8N2O3S/c16-4-9-11-12-10(15-9)6-1-2-7-8(3-6)14-5-13-7/h1-3,16H,4-5H2. The fourth-order valence-electron chi connectivity index (χ4n) is 1.46. The smallest absolute Gasteiger partial charge is 0.247 e. The largest absolute Gasteiger partial charge is 0.454 e. The van der Waals surface area contributed by atoms with Crippen LogP contribution < -0.4 is 9.47 Å². The quantitative estimate of drug-likeness (QED) is 0.807. The predicted octanol–water partition coefficient (Wildman–Crippen LogP) is 1.90. The maximum atomic E-state index is 5.38. The van der Waals surface area contributed by atoms with Gasteiger partial charge in [0.2, 0.25) is 18.6 Å². The Bertz CT molecular complexity index is 527. The molecule has 1 aromatic heterocycles. The summed E-state index contributed by atoms with van der Waals surface area (Å²) in [5, 5.41) is 7.76. The van der Waals surface area contributed by atoms with Crippen LogP contribution >= 0.6 is 12.6 Å². The molecule has 16 heavy (non-hydrogen) atoms. The first-order valence-electron chi connectivity index (χ1n) is 4.70. The second kappa shape index (κ2) is 3.71. The lowest BCUT2D eigenvalue weighted by molar-refractivity contribution is 0.174. The summed E-state index contributed by atoms with van der Waals surface area (Å²) < 4.78 is 15.9. The Morgan fingerprint density at radius 3 is 2.88 bits per heavy atom. The highest BCUT2D eigenvalue weighted by Gasteiger charge is 2.16. The number of hydrogen-bond acceptors (Lipinski definition) is 6. The van der Waals surface area contributed by atoms with Gasteiger partial charge in [0, 0.05) is 5.56 Å². The van der Waals surface area contributed by atoms with E-state index in [1.54, 1.807) is 0 Å². The van der Waals surface area contributed by atoms with Crippen LogP contribution in [-0.2, 0) is 5.75 Å². The molecule has 0 aliphatic carbocycles. The van der Waals surface area contributed by atoms with Gasteiger partial charge in [-0.25, -0.2) is 0 Å². The molecule has 5 nitrogen and oxygen atoms in total. The Kier molecular flexibility index (Phi) is 2.21. The van der Waals surface area contributed by atoms with Crippen molar-refractivity contribution in [1.29, 1.82) is 0 Å². The van der Waals surface area contributed by atoms with Crippen molar-refractivity contribution in [3.63, 3.8) is 0 Å². The summed E-state index contributed by atoms with van der Waals surface area (Å²) in [5.74, 6) is 2.82. The summed E-state index contributed by atoms with van der Waals surface area (Å²) in [6.07, 6.45) is 0. The van der Waals surface area contributed by atoms with Crippen molar-refractivity contribution in [3.05, 3.63) is 24.1 Å². The molecule has 0 radical (unpaired) electrons. The average molecular weight is 236 g/mol. The number of hydrogen-bond donors (Lipinski definition) is 1. The average Bonchev–Trinajstić information content (AvgIpc) is 2.96. The number of fused-ring (bicyclic) bond motifs is 1. The molecule has 6 heteroatoms. The molecule has 0 unspecified atom stereocenters. The Labute approximate surface area is 96.8 Å². The van der Waals surface area contributed by atoms with E-state index in [9.17, 15) is 0 Å². The fourth-order valence-corrected chi connectivity index (χ4v) is 1.59. The normalized spacial score (nSPS) is 13.1. The summed E-state index contributed by atoms with van der Waals surface area (Å²) in [6.45, 7) is 0.254. The topological polar surface area (TPSA) is 57.4 Å². The SMILES string of the molecule is SCc1nnc(-c2ccc3c(c2)OCO3)o1. The number of rotatable bonds is 2. The number of benzene rings is 1. The molecular weight excluding hydrogens is 228 g/mol. The maximum Gasteiger partial charge on any atom is 0.247 e. The van der Waals surface area contributed by atoms with Gasteiger partial charge in [0.1, 0.15) is 0 Å². The van der Waals surface area contributed by atoms with Crippen molar-refractivity contribution >= 4 is 12.6 Å². The van der Waals surface area contributed by atoms with Gasteiger partial charge in [0.15, 0.2) is 11.5 Å². The molecule has 0 spiro atoms. The molecule has 1 aliphatic heterocycles. The summed E-state index contributed by atoms with van der Waals surface area (Å²) in [6, 6.07) is 5.49. The van der Waals surface area contributed by atoms with Gasteiger partial charge in [-0.3, -0.25) is 0 Å². The highest BCUT2D eigenvalue weighted by atomic mass is 32.1. The third-order valence-corrected chi connectivity index (χ3v) is 2.49. The highest BCUT2D eigenvalue weighted by Crippen LogP contribution is 2.35. The highest BCUT2D eigenvalue weighted by molar-refractivity contribution is 7.79. The maximum absolute atomic E-state index is 5.38. The van der Waals surface area contributed by atoms with Crippen molar-refractivity contribution in [1.82, 2.24) is 10.2 Å². The second-order valence-corrected chi connectivity index (χ2v) is 3.54. The van der Waals surface area contributed by atoms with E-state index >= 15 is 0 Å². The molecule has 2 aromatic rings. The van der Waals surface area contributed by atoms with E-state index < -0.39 is 0 Å². The van der Waals surface area contributed by atoms with Crippen molar-refractivity contribution in [2.45, 2.75) is 5.75 Å². The van der Waals surface area contributed by atoms with E-state index in [2.05, 4.69) is 22.8 Å². The lowest BCUT2D eigenvalue weighted by Crippen LogP contribution is -1.92. The fraction of sp³-hybridized carbons (Fsp3) is 0.200. The molecule has 1 aliphatic rings. The molecule has 0 amide bonds. The number of ether oxygens (including phenoxy) is 2. The minimum absolute atomic E-state index is 0.254. The molecule has 2 heterocycles. The number of aromatic nitrogens is 2. The van der Waals surface area contributed by atoms with Crippen LogP contribution in [0.1, 0.15) is 5.89 Å². The summed E-state index contributed by atoms with van der Waals surface area (Å²) in [4.78, 5) is 0. The summed E-state index contributed by atoms with van der Waals surface area (Å²) in [5.41, 5.74) is 0.810. The molecule has 3 rings (SSSR count). The van der Waals surface area contributed by atoms with Gasteiger partial charge in [-0.15, -0.1) is 10.2 Å². The van der Waals surface area contributed by atoms with Crippen LogP contribution in [0.5, 0.6) is 11.5 Å². The molecule has 0 saturated carbocycles. The zero-order valence-corrected chi connectivity index (χ0v) is 9.11. The van der Waals surface area contributed by atoms with Gasteiger partial charge in [-0.05, 0) is 18.2 Å². The van der Waals surface area contributed by atoms with Crippen LogP contribution in [0.2, 0.25) is 0 Å². The molecule has 0 bridgehead atoms. The van der Waals surface area contributed by atoms with Crippen LogP contribution in [-0.4, -0.2) is 17.0 Å². The predicted molar refractivity (Wildman–Crippen MR) is 58.5 cm³/mol. The summed E-state index contributed by atoms with van der Waals surface area (Å²) >= 11 is 4.06. The van der Waals surface area contributed by atoms with Gasteiger partial charge in [-0.2, -0.15) is 12.6 Å². The van der Waals surface area contributed by atoms with E-state index in [1.807, 2.05) is 18.2 Å². The lowest BCUT2D eigenvalue weighted by atomic mass is 10.2. The van der Waals surface area contributed by atoms with Crippen molar-refractivity contribution in [2.24, 2.45) is 0 Å². The molecule has 0 fully saturated rings. The molecule has 1 aromatic carbocycles. The van der Waals surface area contributed by atoms with Gasteiger partial charge in [0.05, 0.1) is 5.75 Å². The monoisotopic (exact) mass is 236 g/mol. The molecule has 0 N–H and O–H groups in total. The van der Waals surface area contributed by atoms with Crippen molar-refractivity contribution in [2.75, 3.05) is 6.79 Å². The minimum Gasteiger partial charge on any atom is -0.454 e. The van der Waals surface area contributed by atoms with Gasteiger partial charge >= 0.3 is 0 Å². The minimum atomic E-state index is 0.254. The Morgan fingerprint density at radius 1 is 1.19 bits per heavy atom. The number of nitrogens with zero attached hydrogens (tertiary/aromatic N) is 2. The van der Waals surface area contributed by atoms with E-state index in [0.717, 1.165) is 11.3 Å². The third-order valence-electron chi connectivity index (χ3n) is 2.22. The third kappa shape index (κ3) is 1.51. The van der Waals surface area contributed by atoms with Crippen molar-refractivity contribution < 1.29 is 13.9 Å². The Balaban J connectivity index is 2.00. The first-order valence-corrected chi connectivity index (χ1v) is 5.33. The zero-order chi connectivity index (χ0) is 11.0. The Hall–Kier alpha value is -1.69. The van der Waals surface area contributed by atoms with Crippen LogP contribution in [0.3, 0.4) is 0 Å².